The number of carbonyl (C=O) groups is 1. The summed E-state index contributed by atoms with van der Waals surface area (Å²) in [7, 11) is 1.67. The Kier molecular flexibility index (Phi) is 4.34. The summed E-state index contributed by atoms with van der Waals surface area (Å²) in [5.74, 6) is -0.309. The number of aliphatic hydroxyl groups is 1. The molecule has 1 aromatic rings. The van der Waals surface area contributed by atoms with Crippen molar-refractivity contribution in [2.75, 3.05) is 12.3 Å². The minimum absolute atomic E-state index is 0.211. The van der Waals surface area contributed by atoms with Crippen LogP contribution in [-0.4, -0.2) is 32.9 Å². The number of amides is 1. The Morgan fingerprint density at radius 3 is 2.44 bits per heavy atom. The minimum atomic E-state index is -0.863. The van der Waals surface area contributed by atoms with Crippen molar-refractivity contribution in [2.24, 2.45) is 7.05 Å². The summed E-state index contributed by atoms with van der Waals surface area (Å²) in [4.78, 5) is 12.0. The first kappa shape index (κ1) is 14.5. The van der Waals surface area contributed by atoms with Gasteiger partial charge in [-0.1, -0.05) is 13.8 Å². The van der Waals surface area contributed by atoms with E-state index in [4.69, 9.17) is 5.73 Å². The molecule has 0 aliphatic rings. The average Bonchev–Trinajstić information content (AvgIpc) is 2.60. The lowest BCUT2D eigenvalue weighted by molar-refractivity contribution is 0.0312. The van der Waals surface area contributed by atoms with Crippen LogP contribution in [0.4, 0.5) is 5.69 Å². The molecule has 0 saturated carbocycles. The molecule has 1 aromatic heterocycles. The number of aryl methyl sites for hydroxylation is 2. The summed E-state index contributed by atoms with van der Waals surface area (Å²) in [5.41, 5.74) is 6.28. The Morgan fingerprint density at radius 2 is 2.06 bits per heavy atom. The van der Waals surface area contributed by atoms with Crippen LogP contribution >= 0.6 is 0 Å². The van der Waals surface area contributed by atoms with E-state index in [0.29, 0.717) is 29.9 Å². The fourth-order valence-corrected chi connectivity index (χ4v) is 1.77. The maximum absolute atomic E-state index is 12.0. The van der Waals surface area contributed by atoms with Crippen LogP contribution in [0.1, 0.15) is 42.9 Å². The molecule has 0 bridgehead atoms. The molecule has 0 unspecified atom stereocenters. The number of carbonyl (C=O) groups excluding carboxylic acids is 1. The molecule has 0 atom stereocenters. The van der Waals surface area contributed by atoms with Crippen LogP contribution in [0.2, 0.25) is 0 Å². The van der Waals surface area contributed by atoms with Crippen molar-refractivity contribution in [3.05, 3.63) is 11.4 Å². The van der Waals surface area contributed by atoms with E-state index in [-0.39, 0.29) is 12.5 Å². The second kappa shape index (κ2) is 5.39. The second-order valence-electron chi connectivity index (χ2n) is 4.59. The Morgan fingerprint density at radius 1 is 1.50 bits per heavy atom. The van der Waals surface area contributed by atoms with E-state index in [2.05, 4.69) is 10.4 Å². The molecule has 0 aromatic carbocycles. The molecule has 102 valence electrons. The lowest BCUT2D eigenvalue weighted by Gasteiger charge is -2.25. The van der Waals surface area contributed by atoms with Crippen molar-refractivity contribution in [1.29, 1.82) is 0 Å². The summed E-state index contributed by atoms with van der Waals surface area (Å²) < 4.78 is 1.46. The zero-order valence-corrected chi connectivity index (χ0v) is 11.4. The minimum Gasteiger partial charge on any atom is -0.395 e. The Labute approximate surface area is 107 Å². The molecule has 18 heavy (non-hydrogen) atoms. The van der Waals surface area contributed by atoms with Crippen LogP contribution < -0.4 is 11.1 Å². The summed E-state index contributed by atoms with van der Waals surface area (Å²) >= 11 is 0. The van der Waals surface area contributed by atoms with Crippen molar-refractivity contribution >= 4 is 11.6 Å². The molecule has 6 heteroatoms. The maximum atomic E-state index is 12.0. The third-order valence-corrected chi connectivity index (χ3v) is 3.38. The van der Waals surface area contributed by atoms with Crippen molar-refractivity contribution in [3.63, 3.8) is 0 Å². The van der Waals surface area contributed by atoms with E-state index >= 15 is 0 Å². The van der Waals surface area contributed by atoms with Crippen molar-refractivity contribution in [1.82, 2.24) is 15.1 Å². The number of aromatic nitrogens is 2. The molecule has 0 radical (unpaired) electrons. The normalized spacial score (nSPS) is 11.6. The second-order valence-corrected chi connectivity index (χ2v) is 4.59. The first-order valence-electron chi connectivity index (χ1n) is 6.14. The van der Waals surface area contributed by atoms with E-state index < -0.39 is 5.60 Å². The van der Waals surface area contributed by atoms with Crippen LogP contribution in [-0.2, 0) is 7.05 Å². The van der Waals surface area contributed by atoms with E-state index in [1.54, 1.807) is 14.0 Å². The van der Waals surface area contributed by atoms with Gasteiger partial charge in [-0.2, -0.15) is 5.10 Å². The first-order valence-corrected chi connectivity index (χ1v) is 6.14. The van der Waals surface area contributed by atoms with Crippen molar-refractivity contribution in [3.8, 4) is 0 Å². The number of nitrogen functional groups attached to an aromatic ring is 1. The zero-order chi connectivity index (χ0) is 13.9. The number of nitrogens with two attached hydrogens (primary N) is 1. The highest BCUT2D eigenvalue weighted by Gasteiger charge is 2.25. The van der Waals surface area contributed by atoms with Crippen molar-refractivity contribution in [2.45, 2.75) is 39.2 Å². The number of hydrogen-bond donors (Lipinski definition) is 3. The largest absolute Gasteiger partial charge is 0.395 e. The molecule has 0 saturated heterocycles. The van der Waals surface area contributed by atoms with Crippen molar-refractivity contribution < 1.29 is 9.90 Å². The molecule has 4 N–H and O–H groups in total. The van der Waals surface area contributed by atoms with Gasteiger partial charge in [0.25, 0.3) is 5.91 Å². The van der Waals surface area contributed by atoms with Gasteiger partial charge in [-0.3, -0.25) is 9.48 Å². The van der Waals surface area contributed by atoms with Crippen LogP contribution in [0, 0.1) is 6.92 Å². The quantitative estimate of drug-likeness (QED) is 0.717. The number of hydrogen-bond acceptors (Lipinski definition) is 4. The number of nitrogens with zero attached hydrogens (tertiary/aromatic N) is 2. The molecule has 0 fully saturated rings. The average molecular weight is 254 g/mol. The zero-order valence-electron chi connectivity index (χ0n) is 11.4. The highest BCUT2D eigenvalue weighted by molar-refractivity contribution is 5.97. The smallest absolute Gasteiger partial charge is 0.271 e. The van der Waals surface area contributed by atoms with E-state index in [1.807, 2.05) is 13.8 Å². The van der Waals surface area contributed by atoms with Crippen LogP contribution in [0.5, 0.6) is 0 Å². The molecule has 0 aliphatic heterocycles. The number of nitrogens with one attached hydrogen (secondary N) is 1. The SMILES string of the molecule is CCC(O)(CC)CNC(=O)c1c(N)c(C)nn1C. The first-order chi connectivity index (χ1) is 8.34. The van der Waals surface area contributed by atoms with E-state index in [1.165, 1.54) is 4.68 Å². The Bertz CT molecular complexity index is 436. The van der Waals surface area contributed by atoms with Crippen LogP contribution in [0.25, 0.3) is 0 Å². The molecule has 1 heterocycles. The molecular weight excluding hydrogens is 232 g/mol. The van der Waals surface area contributed by atoms with Gasteiger partial charge in [0.15, 0.2) is 0 Å². The van der Waals surface area contributed by atoms with Gasteiger partial charge in [0.2, 0.25) is 0 Å². The van der Waals surface area contributed by atoms with Gasteiger partial charge < -0.3 is 16.2 Å². The summed E-state index contributed by atoms with van der Waals surface area (Å²) in [6, 6.07) is 0. The predicted octanol–water partition coefficient (Wildman–Crippen LogP) is 0.592. The molecular formula is C12H22N4O2. The highest BCUT2D eigenvalue weighted by atomic mass is 16.3. The molecule has 0 spiro atoms. The fraction of sp³-hybridized carbons (Fsp3) is 0.667. The van der Waals surface area contributed by atoms with Gasteiger partial charge in [-0.25, -0.2) is 0 Å². The van der Waals surface area contributed by atoms with Gasteiger partial charge in [-0.15, -0.1) is 0 Å². The van der Waals surface area contributed by atoms with E-state index in [9.17, 15) is 9.90 Å². The standard InChI is InChI=1S/C12H22N4O2/c1-5-12(18,6-2)7-14-11(17)10-9(13)8(3)15-16(10)4/h18H,5-7,13H2,1-4H3,(H,14,17). The third kappa shape index (κ3) is 2.81. The topological polar surface area (TPSA) is 93.2 Å². The molecule has 1 rings (SSSR count). The van der Waals surface area contributed by atoms with Crippen LogP contribution in [0.3, 0.4) is 0 Å². The molecule has 6 nitrogen and oxygen atoms in total. The summed E-state index contributed by atoms with van der Waals surface area (Å²) in [6.45, 7) is 5.74. The Hall–Kier alpha value is -1.56. The van der Waals surface area contributed by atoms with Gasteiger partial charge in [0.1, 0.15) is 5.69 Å². The van der Waals surface area contributed by atoms with E-state index in [0.717, 1.165) is 0 Å². The monoisotopic (exact) mass is 254 g/mol. The van der Waals surface area contributed by atoms with Crippen LogP contribution in [0.15, 0.2) is 0 Å². The number of anilines is 1. The molecule has 1 amide bonds. The fourth-order valence-electron chi connectivity index (χ4n) is 1.77. The van der Waals surface area contributed by atoms with Gasteiger partial charge >= 0.3 is 0 Å². The summed E-state index contributed by atoms with van der Waals surface area (Å²) in [5, 5.41) is 16.9. The molecule has 0 aliphatic carbocycles. The lowest BCUT2D eigenvalue weighted by Crippen LogP contribution is -2.42. The maximum Gasteiger partial charge on any atom is 0.271 e. The van der Waals surface area contributed by atoms with Gasteiger partial charge in [0, 0.05) is 13.6 Å². The van der Waals surface area contributed by atoms with Gasteiger partial charge in [0.05, 0.1) is 17.0 Å². The Balaban J connectivity index is 2.78. The summed E-state index contributed by atoms with van der Waals surface area (Å²) in [6.07, 6.45) is 1.17. The third-order valence-electron chi connectivity index (χ3n) is 3.38. The predicted molar refractivity (Wildman–Crippen MR) is 70.2 cm³/mol. The lowest BCUT2D eigenvalue weighted by atomic mass is 9.97. The van der Waals surface area contributed by atoms with Gasteiger partial charge in [-0.05, 0) is 19.8 Å². The highest BCUT2D eigenvalue weighted by Crippen LogP contribution is 2.16. The number of rotatable bonds is 5.